The Morgan fingerprint density at radius 3 is 2.75 bits per heavy atom. The fourth-order valence-electron chi connectivity index (χ4n) is 2.36. The summed E-state index contributed by atoms with van der Waals surface area (Å²) in [7, 11) is 0. The molecule has 4 N–H and O–H groups in total. The zero-order valence-corrected chi connectivity index (χ0v) is 9.79. The third kappa shape index (κ3) is 2.05. The molecule has 1 aromatic heterocycles. The molecule has 1 aliphatic rings. The van der Waals surface area contributed by atoms with Crippen LogP contribution in [0, 0.1) is 11.8 Å². The fraction of sp³-hybridized carbons (Fsp3) is 0.583. The van der Waals surface area contributed by atoms with Gasteiger partial charge in [-0.2, -0.15) is 0 Å². The number of carbonyl (C=O) groups is 1. The van der Waals surface area contributed by atoms with Gasteiger partial charge in [0.15, 0.2) is 0 Å². The molecule has 16 heavy (non-hydrogen) atoms. The molecule has 0 bridgehead atoms. The topological polar surface area (TPSA) is 70.9 Å². The quantitative estimate of drug-likeness (QED) is 0.712. The molecule has 1 aromatic rings. The molecule has 0 aliphatic heterocycles. The molecule has 1 amide bonds. The van der Waals surface area contributed by atoms with Crippen molar-refractivity contribution in [3.05, 3.63) is 18.0 Å². The second-order valence-corrected chi connectivity index (χ2v) is 4.84. The van der Waals surface area contributed by atoms with Crippen molar-refractivity contribution < 1.29 is 4.79 Å². The molecule has 0 saturated heterocycles. The Balaban J connectivity index is 1.98. The minimum absolute atomic E-state index is 0.0531. The molecule has 4 nitrogen and oxygen atoms in total. The van der Waals surface area contributed by atoms with Gasteiger partial charge in [-0.25, -0.2) is 0 Å². The van der Waals surface area contributed by atoms with E-state index in [0.29, 0.717) is 29.3 Å². The normalized spacial score (nSPS) is 29.2. The number of nitrogens with two attached hydrogens (primary N) is 1. The first-order valence-electron chi connectivity index (χ1n) is 5.82. The lowest BCUT2D eigenvalue weighted by molar-refractivity contribution is 0.0923. The molecule has 4 heteroatoms. The molecule has 1 aliphatic carbocycles. The Kier molecular flexibility index (Phi) is 2.90. The van der Waals surface area contributed by atoms with Gasteiger partial charge in [0.05, 0.1) is 0 Å². The van der Waals surface area contributed by atoms with Gasteiger partial charge in [-0.3, -0.25) is 4.79 Å². The molecule has 3 atom stereocenters. The second kappa shape index (κ2) is 4.20. The number of hydrogen-bond donors (Lipinski definition) is 3. The van der Waals surface area contributed by atoms with Crippen molar-refractivity contribution >= 4 is 11.6 Å². The minimum atomic E-state index is -0.0531. The summed E-state index contributed by atoms with van der Waals surface area (Å²) in [4.78, 5) is 14.7. The molecule has 1 heterocycles. The summed E-state index contributed by atoms with van der Waals surface area (Å²) >= 11 is 0. The van der Waals surface area contributed by atoms with E-state index in [0.717, 1.165) is 6.42 Å². The lowest BCUT2D eigenvalue weighted by atomic mass is 9.98. The van der Waals surface area contributed by atoms with Crippen molar-refractivity contribution in [2.24, 2.45) is 11.8 Å². The van der Waals surface area contributed by atoms with Crippen LogP contribution in [0.5, 0.6) is 0 Å². The summed E-state index contributed by atoms with van der Waals surface area (Å²) in [6.07, 6.45) is 3.90. The summed E-state index contributed by atoms with van der Waals surface area (Å²) in [6.45, 7) is 4.44. The zero-order valence-electron chi connectivity index (χ0n) is 9.79. The molecule has 88 valence electrons. The first kappa shape index (κ1) is 11.0. The monoisotopic (exact) mass is 221 g/mol. The Bertz CT molecular complexity index is 385. The van der Waals surface area contributed by atoms with Gasteiger partial charge in [0, 0.05) is 17.9 Å². The number of aromatic amines is 1. The third-order valence-corrected chi connectivity index (χ3v) is 3.73. The Morgan fingerprint density at radius 1 is 1.50 bits per heavy atom. The predicted octanol–water partition coefficient (Wildman–Crippen LogP) is 1.76. The van der Waals surface area contributed by atoms with Gasteiger partial charge in [0.2, 0.25) is 0 Å². The third-order valence-electron chi connectivity index (χ3n) is 3.73. The average Bonchev–Trinajstić information content (AvgIpc) is 2.79. The minimum Gasteiger partial charge on any atom is -0.397 e. The molecular weight excluding hydrogens is 202 g/mol. The number of H-pyrrole nitrogens is 1. The molecular formula is C12H19N3O. The molecule has 1 fully saturated rings. The molecule has 0 radical (unpaired) electrons. The van der Waals surface area contributed by atoms with E-state index < -0.39 is 0 Å². The van der Waals surface area contributed by atoms with Crippen LogP contribution in [0.3, 0.4) is 0 Å². The second-order valence-electron chi connectivity index (χ2n) is 4.84. The van der Waals surface area contributed by atoms with Gasteiger partial charge in [-0.05, 0) is 30.7 Å². The first-order chi connectivity index (χ1) is 7.58. The maximum absolute atomic E-state index is 11.9. The molecule has 0 aromatic carbocycles. The van der Waals surface area contributed by atoms with Crippen LogP contribution < -0.4 is 11.1 Å². The van der Waals surface area contributed by atoms with Crippen LogP contribution in [0.25, 0.3) is 0 Å². The maximum atomic E-state index is 11.9. The van der Waals surface area contributed by atoms with Crippen molar-refractivity contribution in [3.63, 3.8) is 0 Å². The van der Waals surface area contributed by atoms with Gasteiger partial charge in [-0.15, -0.1) is 0 Å². The van der Waals surface area contributed by atoms with Crippen molar-refractivity contribution in [2.75, 3.05) is 5.73 Å². The highest BCUT2D eigenvalue weighted by Crippen LogP contribution is 2.31. The number of aromatic nitrogens is 1. The summed E-state index contributed by atoms with van der Waals surface area (Å²) in [6, 6.07) is 1.96. The number of carbonyl (C=O) groups excluding carboxylic acids is 1. The number of nitrogen functional groups attached to an aromatic ring is 1. The Morgan fingerprint density at radius 2 is 2.25 bits per heavy atom. The van der Waals surface area contributed by atoms with E-state index in [-0.39, 0.29) is 5.91 Å². The van der Waals surface area contributed by atoms with E-state index in [1.165, 1.54) is 6.42 Å². The van der Waals surface area contributed by atoms with E-state index in [9.17, 15) is 4.79 Å². The Labute approximate surface area is 95.6 Å². The van der Waals surface area contributed by atoms with Gasteiger partial charge in [-0.1, -0.05) is 13.8 Å². The molecule has 0 spiro atoms. The molecule has 3 unspecified atom stereocenters. The van der Waals surface area contributed by atoms with Crippen molar-refractivity contribution in [1.82, 2.24) is 10.3 Å². The number of anilines is 1. The smallest absolute Gasteiger partial charge is 0.267 e. The zero-order chi connectivity index (χ0) is 11.7. The number of rotatable bonds is 2. The van der Waals surface area contributed by atoms with Crippen LogP contribution >= 0.6 is 0 Å². The number of nitrogens with one attached hydrogen (secondary N) is 2. The van der Waals surface area contributed by atoms with Gasteiger partial charge in [0.25, 0.3) is 5.91 Å². The maximum Gasteiger partial charge on any atom is 0.267 e. The predicted molar refractivity (Wildman–Crippen MR) is 64.0 cm³/mol. The van der Waals surface area contributed by atoms with Crippen LogP contribution in [-0.2, 0) is 0 Å². The summed E-state index contributed by atoms with van der Waals surface area (Å²) in [5.41, 5.74) is 6.70. The van der Waals surface area contributed by atoms with Crippen LogP contribution in [0.1, 0.15) is 37.2 Å². The average molecular weight is 221 g/mol. The van der Waals surface area contributed by atoms with Gasteiger partial charge >= 0.3 is 0 Å². The van der Waals surface area contributed by atoms with Crippen molar-refractivity contribution in [3.8, 4) is 0 Å². The van der Waals surface area contributed by atoms with Crippen LogP contribution in [-0.4, -0.2) is 16.9 Å². The molecule has 1 saturated carbocycles. The summed E-state index contributed by atoms with van der Waals surface area (Å²) in [5.74, 6) is 1.19. The van der Waals surface area contributed by atoms with Crippen LogP contribution in [0.15, 0.2) is 12.3 Å². The standard InChI is InChI=1S/C12H19N3O/c1-7-3-4-10(8(7)2)15-12(16)11-5-9(13)6-14-11/h5-8,10,14H,3-4,13H2,1-2H3,(H,15,16). The van der Waals surface area contributed by atoms with E-state index in [4.69, 9.17) is 5.73 Å². The summed E-state index contributed by atoms with van der Waals surface area (Å²) < 4.78 is 0. The lowest BCUT2D eigenvalue weighted by Gasteiger charge is -2.19. The fourth-order valence-corrected chi connectivity index (χ4v) is 2.36. The molecule has 2 rings (SSSR count). The number of hydrogen-bond acceptors (Lipinski definition) is 2. The van der Waals surface area contributed by atoms with E-state index in [1.54, 1.807) is 12.3 Å². The van der Waals surface area contributed by atoms with Crippen LogP contribution in [0.4, 0.5) is 5.69 Å². The first-order valence-corrected chi connectivity index (χ1v) is 5.82. The van der Waals surface area contributed by atoms with Crippen LogP contribution in [0.2, 0.25) is 0 Å². The summed E-state index contributed by atoms with van der Waals surface area (Å²) in [5, 5.41) is 3.06. The van der Waals surface area contributed by atoms with E-state index >= 15 is 0 Å². The van der Waals surface area contributed by atoms with Gasteiger partial charge < -0.3 is 16.0 Å². The van der Waals surface area contributed by atoms with Gasteiger partial charge in [0.1, 0.15) is 5.69 Å². The Hall–Kier alpha value is -1.45. The SMILES string of the molecule is CC1CCC(NC(=O)c2cc(N)c[nH]2)C1C. The number of amides is 1. The highest BCUT2D eigenvalue weighted by atomic mass is 16.1. The highest BCUT2D eigenvalue weighted by molar-refractivity contribution is 5.93. The van der Waals surface area contributed by atoms with E-state index in [1.807, 2.05) is 0 Å². The largest absolute Gasteiger partial charge is 0.397 e. The van der Waals surface area contributed by atoms with E-state index in [2.05, 4.69) is 24.1 Å². The van der Waals surface area contributed by atoms with Crippen molar-refractivity contribution in [1.29, 1.82) is 0 Å². The highest BCUT2D eigenvalue weighted by Gasteiger charge is 2.30. The van der Waals surface area contributed by atoms with Crippen molar-refractivity contribution in [2.45, 2.75) is 32.7 Å². The lowest BCUT2D eigenvalue weighted by Crippen LogP contribution is -2.37.